The van der Waals surface area contributed by atoms with Gasteiger partial charge in [-0.2, -0.15) is 0 Å². The molecule has 1 aliphatic rings. The molecule has 0 aliphatic heterocycles. The topological polar surface area (TPSA) is 48.3 Å². The van der Waals surface area contributed by atoms with E-state index in [1.54, 1.807) is 23.2 Å². The van der Waals surface area contributed by atoms with Gasteiger partial charge in [0.15, 0.2) is 0 Å². The van der Waals surface area contributed by atoms with Crippen molar-refractivity contribution in [2.75, 3.05) is 7.11 Å². The van der Waals surface area contributed by atoms with Crippen molar-refractivity contribution in [2.45, 2.75) is 31.1 Å². The van der Waals surface area contributed by atoms with Gasteiger partial charge in [-0.15, -0.1) is 0 Å². The van der Waals surface area contributed by atoms with Crippen molar-refractivity contribution in [3.8, 4) is 17.0 Å². The fourth-order valence-corrected chi connectivity index (χ4v) is 7.07. The van der Waals surface area contributed by atoms with Crippen molar-refractivity contribution in [2.24, 2.45) is 0 Å². The van der Waals surface area contributed by atoms with E-state index >= 15 is 0 Å². The number of aryl methyl sites for hydroxylation is 2. The van der Waals surface area contributed by atoms with Gasteiger partial charge in [0.25, 0.3) is 10.0 Å². The number of hydrogen-bond donors (Lipinski definition) is 0. The molecule has 36 heavy (non-hydrogen) atoms. The van der Waals surface area contributed by atoms with Crippen LogP contribution in [-0.2, 0) is 16.4 Å². The highest BCUT2D eigenvalue weighted by atomic mass is 32.2. The smallest absolute Gasteiger partial charge is 0.268 e. The van der Waals surface area contributed by atoms with Crippen LogP contribution in [0.15, 0.2) is 95.9 Å². The summed E-state index contributed by atoms with van der Waals surface area (Å²) in [4.78, 5) is 0.289. The van der Waals surface area contributed by atoms with E-state index in [-0.39, 0.29) is 10.8 Å². The zero-order chi connectivity index (χ0) is 25.0. The quantitative estimate of drug-likeness (QED) is 0.269. The Labute approximate surface area is 211 Å². The molecular formula is C31H27NO3S. The van der Waals surface area contributed by atoms with Crippen molar-refractivity contribution < 1.29 is 13.2 Å². The Bertz CT molecular complexity index is 1700. The summed E-state index contributed by atoms with van der Waals surface area (Å²) in [5, 5.41) is 1.06. The molecular weight excluding hydrogens is 466 g/mol. The molecule has 0 fully saturated rings. The SMILES string of the molecule is COc1ccc([C@@H]2Cc3c(C)ccc4c3c2c(-c2ccccc2)n4S(=O)(=O)c2ccc(C)cc2)cc1. The Morgan fingerprint density at radius 3 is 2.19 bits per heavy atom. The molecule has 0 saturated heterocycles. The second-order valence-electron chi connectivity index (χ2n) is 9.50. The normalized spacial score (nSPS) is 14.9. The first-order valence-corrected chi connectivity index (χ1v) is 13.5. The van der Waals surface area contributed by atoms with Gasteiger partial charge in [0, 0.05) is 11.3 Å². The Kier molecular flexibility index (Phi) is 5.27. The molecule has 0 bridgehead atoms. The third-order valence-corrected chi connectivity index (χ3v) is 9.08. The van der Waals surface area contributed by atoms with Crippen LogP contribution in [0.3, 0.4) is 0 Å². The van der Waals surface area contributed by atoms with E-state index in [4.69, 9.17) is 4.74 Å². The summed E-state index contributed by atoms with van der Waals surface area (Å²) in [6.45, 7) is 4.07. The lowest BCUT2D eigenvalue weighted by atomic mass is 9.90. The molecule has 1 aliphatic carbocycles. The maximum atomic E-state index is 14.3. The highest BCUT2D eigenvalue weighted by Gasteiger charge is 2.37. The molecule has 0 unspecified atom stereocenters. The standard InChI is InChI=1S/C31H27NO3S/c1-20-9-16-25(17-10-20)36(33,34)32-28-18-11-21(2)26-19-27(22-12-14-24(35-3)15-13-22)30(29(26)28)31(32)23-7-5-4-6-8-23/h4-18,27H,19H2,1-3H3/t27-/m0/s1. The molecule has 5 heteroatoms. The molecule has 0 saturated carbocycles. The van der Waals surface area contributed by atoms with Gasteiger partial charge in [0.05, 0.1) is 23.2 Å². The van der Waals surface area contributed by atoms with E-state index in [1.165, 1.54) is 11.1 Å². The second-order valence-corrected chi connectivity index (χ2v) is 11.3. The molecule has 6 rings (SSSR count). The van der Waals surface area contributed by atoms with Gasteiger partial charge in [-0.1, -0.05) is 66.2 Å². The molecule has 0 amide bonds. The van der Waals surface area contributed by atoms with Gasteiger partial charge in [0.2, 0.25) is 0 Å². The van der Waals surface area contributed by atoms with Crippen LogP contribution in [0, 0.1) is 13.8 Å². The number of nitrogens with zero attached hydrogens (tertiary/aromatic N) is 1. The lowest BCUT2D eigenvalue weighted by molar-refractivity contribution is 0.414. The maximum absolute atomic E-state index is 14.3. The zero-order valence-corrected chi connectivity index (χ0v) is 21.3. The van der Waals surface area contributed by atoms with Crippen LogP contribution in [0.25, 0.3) is 22.2 Å². The number of rotatable bonds is 5. The molecule has 180 valence electrons. The van der Waals surface area contributed by atoms with E-state index < -0.39 is 10.0 Å². The summed E-state index contributed by atoms with van der Waals surface area (Å²) >= 11 is 0. The van der Waals surface area contributed by atoms with E-state index in [0.717, 1.165) is 51.0 Å². The highest BCUT2D eigenvalue weighted by Crippen LogP contribution is 2.50. The highest BCUT2D eigenvalue weighted by molar-refractivity contribution is 7.90. The average Bonchev–Trinajstić information content (AvgIpc) is 3.46. The minimum absolute atomic E-state index is 0.0409. The number of hydrogen-bond acceptors (Lipinski definition) is 3. The first-order chi connectivity index (χ1) is 17.4. The fourth-order valence-electron chi connectivity index (χ4n) is 5.52. The van der Waals surface area contributed by atoms with Gasteiger partial charge < -0.3 is 4.74 Å². The largest absolute Gasteiger partial charge is 0.497 e. The molecule has 1 aromatic heterocycles. The van der Waals surface area contributed by atoms with Crippen LogP contribution in [0.2, 0.25) is 0 Å². The minimum atomic E-state index is -3.86. The lowest BCUT2D eigenvalue weighted by Gasteiger charge is -2.19. The number of ether oxygens (including phenoxy) is 1. The summed E-state index contributed by atoms with van der Waals surface area (Å²) in [6, 6.07) is 29.2. The summed E-state index contributed by atoms with van der Waals surface area (Å²) in [7, 11) is -2.19. The van der Waals surface area contributed by atoms with Gasteiger partial charge >= 0.3 is 0 Å². The van der Waals surface area contributed by atoms with E-state index in [1.807, 2.05) is 73.7 Å². The first-order valence-electron chi connectivity index (χ1n) is 12.1. The summed E-state index contributed by atoms with van der Waals surface area (Å²) in [5.41, 5.74) is 8.03. The minimum Gasteiger partial charge on any atom is -0.497 e. The van der Waals surface area contributed by atoms with Crippen LogP contribution in [-0.4, -0.2) is 19.5 Å². The van der Waals surface area contributed by atoms with Gasteiger partial charge in [0.1, 0.15) is 5.75 Å². The second kappa shape index (κ2) is 8.38. The molecule has 0 radical (unpaired) electrons. The summed E-state index contributed by atoms with van der Waals surface area (Å²) in [6.07, 6.45) is 0.839. The van der Waals surface area contributed by atoms with Gasteiger partial charge in [-0.05, 0) is 78.4 Å². The number of aromatic nitrogens is 1. The summed E-state index contributed by atoms with van der Waals surface area (Å²) < 4.78 is 35.5. The molecule has 4 aromatic carbocycles. The predicted molar refractivity (Wildman–Crippen MR) is 144 cm³/mol. The van der Waals surface area contributed by atoms with E-state index in [2.05, 4.69) is 19.1 Å². The number of methoxy groups -OCH3 is 1. The van der Waals surface area contributed by atoms with Crippen LogP contribution in [0.1, 0.15) is 33.7 Å². The number of benzene rings is 4. The molecule has 1 heterocycles. The van der Waals surface area contributed by atoms with Crippen molar-refractivity contribution in [3.05, 3.63) is 119 Å². The average molecular weight is 494 g/mol. The Morgan fingerprint density at radius 2 is 1.53 bits per heavy atom. The van der Waals surface area contributed by atoms with Crippen LogP contribution < -0.4 is 4.74 Å². The predicted octanol–water partition coefficient (Wildman–Crippen LogP) is 6.86. The zero-order valence-electron chi connectivity index (χ0n) is 20.5. The van der Waals surface area contributed by atoms with Gasteiger partial charge in [-0.25, -0.2) is 12.4 Å². The van der Waals surface area contributed by atoms with Crippen LogP contribution >= 0.6 is 0 Å². The van der Waals surface area contributed by atoms with Crippen LogP contribution in [0.4, 0.5) is 0 Å². The fraction of sp³-hybridized carbons (Fsp3) is 0.161. The van der Waals surface area contributed by atoms with Crippen molar-refractivity contribution >= 4 is 20.9 Å². The molecule has 1 atom stereocenters. The van der Waals surface area contributed by atoms with E-state index in [9.17, 15) is 8.42 Å². The molecule has 0 N–H and O–H groups in total. The Hall–Kier alpha value is -3.83. The maximum Gasteiger partial charge on any atom is 0.268 e. The molecule has 0 spiro atoms. The van der Waals surface area contributed by atoms with Crippen molar-refractivity contribution in [3.63, 3.8) is 0 Å². The third-order valence-electron chi connectivity index (χ3n) is 7.35. The molecule has 4 nitrogen and oxygen atoms in total. The lowest BCUT2D eigenvalue weighted by Crippen LogP contribution is -2.16. The monoisotopic (exact) mass is 493 g/mol. The third kappa shape index (κ3) is 3.38. The Balaban J connectivity index is 1.71. The van der Waals surface area contributed by atoms with Crippen molar-refractivity contribution in [1.82, 2.24) is 3.97 Å². The Morgan fingerprint density at radius 1 is 0.833 bits per heavy atom. The first kappa shape index (κ1) is 22.6. The summed E-state index contributed by atoms with van der Waals surface area (Å²) in [5.74, 6) is 0.845. The van der Waals surface area contributed by atoms with Crippen LogP contribution in [0.5, 0.6) is 5.75 Å². The van der Waals surface area contributed by atoms with E-state index in [0.29, 0.717) is 0 Å². The van der Waals surface area contributed by atoms with Crippen molar-refractivity contribution in [1.29, 1.82) is 0 Å². The molecule has 5 aromatic rings. The van der Waals surface area contributed by atoms with Gasteiger partial charge in [-0.3, -0.25) is 0 Å².